The molecule has 2 amide bonds. The number of sulfonamides is 1. The summed E-state index contributed by atoms with van der Waals surface area (Å²) in [5, 5.41) is 3.20. The molecule has 38 heavy (non-hydrogen) atoms. The average molecular weight is 621 g/mol. The van der Waals surface area contributed by atoms with Crippen molar-refractivity contribution in [3.63, 3.8) is 0 Å². The molecule has 0 bridgehead atoms. The summed E-state index contributed by atoms with van der Waals surface area (Å²) in [6.07, 6.45) is 0. The van der Waals surface area contributed by atoms with E-state index >= 15 is 0 Å². The van der Waals surface area contributed by atoms with Crippen LogP contribution in [0, 0.1) is 13.8 Å². The first-order valence-electron chi connectivity index (χ1n) is 12.1. The summed E-state index contributed by atoms with van der Waals surface area (Å²) in [5.41, 5.74) is 2.62. The molecule has 0 aliphatic rings. The lowest BCUT2D eigenvalue weighted by Crippen LogP contribution is -2.51. The molecule has 0 aliphatic carbocycles. The number of amides is 2. The molecule has 3 rings (SSSR count). The van der Waals surface area contributed by atoms with Crippen LogP contribution in [0.2, 0.25) is 5.02 Å². The van der Waals surface area contributed by atoms with Gasteiger partial charge in [0.05, 0.1) is 10.6 Å². The van der Waals surface area contributed by atoms with Gasteiger partial charge in [-0.1, -0.05) is 57.4 Å². The second-order valence-electron chi connectivity index (χ2n) is 8.98. The standard InChI is InChI=1S/C28H31BrClN3O4S/c1-5-31-28(35)21(4)32(17-22-7-6-8-23(29)16-22)27(34)18-33(26-14-11-24(30)15-20(26)3)38(36,37)25-12-9-19(2)10-13-25/h6-16,21H,5,17-18H2,1-4H3,(H,31,35). The second kappa shape index (κ2) is 12.8. The smallest absolute Gasteiger partial charge is 0.264 e. The van der Waals surface area contributed by atoms with Crippen LogP contribution in [-0.2, 0) is 26.2 Å². The van der Waals surface area contributed by atoms with Crippen LogP contribution >= 0.6 is 27.5 Å². The molecular weight excluding hydrogens is 590 g/mol. The van der Waals surface area contributed by atoms with E-state index in [-0.39, 0.29) is 17.3 Å². The summed E-state index contributed by atoms with van der Waals surface area (Å²) in [7, 11) is -4.14. The number of likely N-dealkylation sites (N-methyl/N-ethyl adjacent to an activating group) is 1. The molecule has 0 aliphatic heterocycles. The van der Waals surface area contributed by atoms with E-state index in [1.807, 2.05) is 31.2 Å². The molecule has 7 nitrogen and oxygen atoms in total. The number of hydrogen-bond donors (Lipinski definition) is 1. The highest BCUT2D eigenvalue weighted by molar-refractivity contribution is 9.10. The zero-order valence-corrected chi connectivity index (χ0v) is 24.9. The maximum atomic E-state index is 13.9. The molecule has 0 fully saturated rings. The summed E-state index contributed by atoms with van der Waals surface area (Å²) in [6.45, 7) is 7.05. The van der Waals surface area contributed by atoms with Gasteiger partial charge in [-0.05, 0) is 81.3 Å². The molecule has 1 atom stereocenters. The summed E-state index contributed by atoms with van der Waals surface area (Å²) in [5.74, 6) is -0.847. The summed E-state index contributed by atoms with van der Waals surface area (Å²) in [6, 6.07) is 17.8. The van der Waals surface area contributed by atoms with E-state index in [0.717, 1.165) is 19.9 Å². The van der Waals surface area contributed by atoms with Crippen molar-refractivity contribution in [1.82, 2.24) is 10.2 Å². The van der Waals surface area contributed by atoms with Gasteiger partial charge in [0, 0.05) is 22.6 Å². The maximum absolute atomic E-state index is 13.9. The van der Waals surface area contributed by atoms with Crippen molar-refractivity contribution in [1.29, 1.82) is 0 Å². The summed E-state index contributed by atoms with van der Waals surface area (Å²) in [4.78, 5) is 28.1. The third kappa shape index (κ3) is 7.15. The van der Waals surface area contributed by atoms with Gasteiger partial charge >= 0.3 is 0 Å². The van der Waals surface area contributed by atoms with Crippen LogP contribution in [0.1, 0.15) is 30.5 Å². The first-order valence-corrected chi connectivity index (χ1v) is 14.7. The van der Waals surface area contributed by atoms with E-state index in [1.165, 1.54) is 17.0 Å². The fourth-order valence-electron chi connectivity index (χ4n) is 3.99. The lowest BCUT2D eigenvalue weighted by atomic mass is 10.1. The van der Waals surface area contributed by atoms with Crippen molar-refractivity contribution < 1.29 is 18.0 Å². The summed E-state index contributed by atoms with van der Waals surface area (Å²) < 4.78 is 29.7. The van der Waals surface area contributed by atoms with Crippen molar-refractivity contribution in [3.8, 4) is 0 Å². The van der Waals surface area contributed by atoms with Gasteiger partial charge in [0.25, 0.3) is 10.0 Å². The van der Waals surface area contributed by atoms with Crippen LogP contribution in [0.3, 0.4) is 0 Å². The number of halogens is 2. The lowest BCUT2D eigenvalue weighted by Gasteiger charge is -2.32. The van der Waals surface area contributed by atoms with Gasteiger partial charge in [-0.3, -0.25) is 13.9 Å². The normalized spacial score (nSPS) is 12.1. The van der Waals surface area contributed by atoms with Crippen LogP contribution in [0.25, 0.3) is 0 Å². The molecule has 0 spiro atoms. The Bertz CT molecular complexity index is 1410. The van der Waals surface area contributed by atoms with Crippen molar-refractivity contribution in [2.45, 2.75) is 45.2 Å². The number of rotatable bonds is 10. The molecule has 3 aromatic carbocycles. The Balaban J connectivity index is 2.07. The average Bonchev–Trinajstić information content (AvgIpc) is 2.86. The van der Waals surface area contributed by atoms with Crippen LogP contribution in [0.4, 0.5) is 5.69 Å². The zero-order chi connectivity index (χ0) is 28.0. The van der Waals surface area contributed by atoms with E-state index in [4.69, 9.17) is 11.6 Å². The number of anilines is 1. The minimum absolute atomic E-state index is 0.0561. The molecule has 0 radical (unpaired) electrons. The van der Waals surface area contributed by atoms with Crippen molar-refractivity contribution in [3.05, 3.63) is 92.9 Å². The van der Waals surface area contributed by atoms with Gasteiger partial charge in [-0.25, -0.2) is 8.42 Å². The topological polar surface area (TPSA) is 86.8 Å². The Morgan fingerprint density at radius 3 is 2.32 bits per heavy atom. The van der Waals surface area contributed by atoms with E-state index in [9.17, 15) is 18.0 Å². The fraction of sp³-hybridized carbons (Fsp3) is 0.286. The monoisotopic (exact) mass is 619 g/mol. The summed E-state index contributed by atoms with van der Waals surface area (Å²) >= 11 is 9.58. The first kappa shape index (κ1) is 29.7. The van der Waals surface area contributed by atoms with E-state index in [1.54, 1.807) is 51.1 Å². The predicted molar refractivity (Wildman–Crippen MR) is 155 cm³/mol. The van der Waals surface area contributed by atoms with Crippen LogP contribution in [0.5, 0.6) is 0 Å². The predicted octanol–water partition coefficient (Wildman–Crippen LogP) is 5.47. The maximum Gasteiger partial charge on any atom is 0.264 e. The Morgan fingerprint density at radius 2 is 1.71 bits per heavy atom. The van der Waals surface area contributed by atoms with Gasteiger partial charge in [0.1, 0.15) is 12.6 Å². The minimum Gasteiger partial charge on any atom is -0.355 e. The number of nitrogens with one attached hydrogen (secondary N) is 1. The fourth-order valence-corrected chi connectivity index (χ4v) is 6.14. The van der Waals surface area contributed by atoms with Crippen molar-refractivity contribution in [2.75, 3.05) is 17.4 Å². The third-order valence-corrected chi connectivity index (χ3v) is 8.58. The number of carbonyl (C=O) groups is 2. The molecule has 202 valence electrons. The van der Waals surface area contributed by atoms with Gasteiger partial charge in [-0.15, -0.1) is 0 Å². The van der Waals surface area contributed by atoms with Gasteiger partial charge in [-0.2, -0.15) is 0 Å². The van der Waals surface area contributed by atoms with E-state index < -0.39 is 28.5 Å². The molecule has 10 heteroatoms. The molecule has 0 saturated carbocycles. The first-order chi connectivity index (χ1) is 17.9. The Labute approximate surface area is 238 Å². The SMILES string of the molecule is CCNC(=O)C(C)N(Cc1cccc(Br)c1)C(=O)CN(c1ccc(Cl)cc1C)S(=O)(=O)c1ccc(C)cc1. The second-order valence-corrected chi connectivity index (χ2v) is 12.2. The van der Waals surface area contributed by atoms with Gasteiger partial charge < -0.3 is 10.2 Å². The number of hydrogen-bond acceptors (Lipinski definition) is 4. The van der Waals surface area contributed by atoms with Gasteiger partial charge in [0.15, 0.2) is 0 Å². The molecule has 0 heterocycles. The highest BCUT2D eigenvalue weighted by Gasteiger charge is 2.33. The Morgan fingerprint density at radius 1 is 1.03 bits per heavy atom. The third-order valence-electron chi connectivity index (χ3n) is 6.08. The van der Waals surface area contributed by atoms with E-state index in [0.29, 0.717) is 22.8 Å². The lowest BCUT2D eigenvalue weighted by molar-refractivity contribution is -0.139. The van der Waals surface area contributed by atoms with Crippen molar-refractivity contribution in [2.24, 2.45) is 0 Å². The number of benzene rings is 3. The highest BCUT2D eigenvalue weighted by Crippen LogP contribution is 2.29. The molecule has 3 aromatic rings. The van der Waals surface area contributed by atoms with Crippen LogP contribution in [0.15, 0.2) is 76.1 Å². The molecule has 0 saturated heterocycles. The van der Waals surface area contributed by atoms with Crippen LogP contribution < -0.4 is 9.62 Å². The quantitative estimate of drug-likeness (QED) is 0.326. The Hall–Kier alpha value is -2.88. The zero-order valence-electron chi connectivity index (χ0n) is 21.7. The molecule has 1 N–H and O–H groups in total. The number of aryl methyl sites for hydroxylation is 2. The largest absolute Gasteiger partial charge is 0.355 e. The number of carbonyl (C=O) groups excluding carboxylic acids is 2. The molecular formula is C28H31BrClN3O4S. The van der Waals surface area contributed by atoms with Crippen LogP contribution in [-0.4, -0.2) is 44.3 Å². The minimum atomic E-state index is -4.14. The molecule has 0 aromatic heterocycles. The molecule has 1 unspecified atom stereocenters. The van der Waals surface area contributed by atoms with Crippen molar-refractivity contribution >= 4 is 55.1 Å². The Kier molecular flexibility index (Phi) is 9.98. The number of nitrogens with zero attached hydrogens (tertiary/aromatic N) is 2. The highest BCUT2D eigenvalue weighted by atomic mass is 79.9. The van der Waals surface area contributed by atoms with E-state index in [2.05, 4.69) is 21.2 Å². The van der Waals surface area contributed by atoms with Gasteiger partial charge in [0.2, 0.25) is 11.8 Å².